The first-order valence-electron chi connectivity index (χ1n) is 9.91. The summed E-state index contributed by atoms with van der Waals surface area (Å²) in [7, 11) is 0. The minimum atomic E-state index is -0.269. The Hall–Kier alpha value is -4.12. The van der Waals surface area contributed by atoms with Crippen LogP contribution in [0.1, 0.15) is 18.2 Å². The molecule has 8 heteroatoms. The first kappa shape index (κ1) is 20.2. The number of nitrogens with zero attached hydrogens (tertiary/aromatic N) is 5. The summed E-state index contributed by atoms with van der Waals surface area (Å²) >= 11 is 0. The van der Waals surface area contributed by atoms with Crippen molar-refractivity contribution in [1.82, 2.24) is 19.9 Å². The van der Waals surface area contributed by atoms with E-state index in [-0.39, 0.29) is 5.82 Å². The number of nitrogens with one attached hydrogen (secondary N) is 2. The smallest absolute Gasteiger partial charge is 0.365 e. The van der Waals surface area contributed by atoms with Gasteiger partial charge in [-0.05, 0) is 43.7 Å². The maximum atomic E-state index is 13.3. The molecule has 7 nitrogen and oxygen atoms in total. The third-order valence-electron chi connectivity index (χ3n) is 4.59. The van der Waals surface area contributed by atoms with Gasteiger partial charge in [-0.2, -0.15) is 9.97 Å². The van der Waals surface area contributed by atoms with E-state index in [9.17, 15) is 4.39 Å². The molecule has 1 aliphatic rings. The van der Waals surface area contributed by atoms with Crippen molar-refractivity contribution in [3.63, 3.8) is 0 Å². The average molecular weight is 414 g/mol. The number of aliphatic imine (C=N–C) groups is 1. The number of hydrogen-bond acceptors (Lipinski definition) is 5. The van der Waals surface area contributed by atoms with Crippen molar-refractivity contribution in [2.75, 3.05) is 18.4 Å². The maximum Gasteiger partial charge on any atom is 0.382 e. The number of hydrogen-bond donors (Lipinski definition) is 2. The van der Waals surface area contributed by atoms with Crippen LogP contribution in [0.2, 0.25) is 0 Å². The number of benzene rings is 1. The van der Waals surface area contributed by atoms with Gasteiger partial charge in [-0.25, -0.2) is 14.4 Å². The lowest BCUT2D eigenvalue weighted by Gasteiger charge is -2.07. The zero-order chi connectivity index (χ0) is 21.6. The van der Waals surface area contributed by atoms with Crippen LogP contribution in [0, 0.1) is 19.1 Å². The highest BCUT2D eigenvalue weighted by Gasteiger charge is 2.11. The number of rotatable bonds is 3. The van der Waals surface area contributed by atoms with Crippen molar-refractivity contribution >= 4 is 33.6 Å². The number of anilines is 1. The van der Waals surface area contributed by atoms with E-state index >= 15 is 0 Å². The number of halogens is 1. The van der Waals surface area contributed by atoms with Crippen molar-refractivity contribution < 1.29 is 9.37 Å². The molecule has 2 N–H and O–H groups in total. The monoisotopic (exact) mass is 414 g/mol. The molecule has 0 fully saturated rings. The number of H-pyrrole nitrogens is 1. The van der Waals surface area contributed by atoms with Crippen LogP contribution in [0.15, 0.2) is 59.9 Å². The van der Waals surface area contributed by atoms with Gasteiger partial charge >= 0.3 is 11.8 Å². The van der Waals surface area contributed by atoms with E-state index in [1.54, 1.807) is 6.07 Å². The Labute approximate surface area is 178 Å². The van der Waals surface area contributed by atoms with Crippen LogP contribution in [-0.2, 0) is 0 Å². The van der Waals surface area contributed by atoms with Crippen LogP contribution < -0.4 is 10.3 Å². The molecule has 4 aromatic rings. The summed E-state index contributed by atoms with van der Waals surface area (Å²) < 4.78 is 13.3. The Kier molecular flexibility index (Phi) is 5.94. The standard InChI is InChI=1S/C16H13FN2.C7H7N5/c1-11-9-12-6-7-13(17)10-15(12)19-16(11)14-5-3-2-4-8-18-14;1-2-8-6-5-7(10-3-9-5)12-4-11-6/h2-7,9-10H,8H2,1H3;4H,2H2,1H3,(H,8,11,12)/p+1. The van der Waals surface area contributed by atoms with Gasteiger partial charge in [0.05, 0.1) is 23.5 Å². The van der Waals surface area contributed by atoms with Crippen molar-refractivity contribution in [1.29, 1.82) is 0 Å². The minimum Gasteiger partial charge on any atom is -0.365 e. The van der Waals surface area contributed by atoms with Crippen LogP contribution in [0.3, 0.4) is 0 Å². The fourth-order valence-electron chi connectivity index (χ4n) is 3.16. The van der Waals surface area contributed by atoms with E-state index in [0.29, 0.717) is 17.7 Å². The average Bonchev–Trinajstić information content (AvgIpc) is 3.10. The highest BCUT2D eigenvalue weighted by molar-refractivity contribution is 6.09. The lowest BCUT2D eigenvalue weighted by molar-refractivity contribution is -0.257. The molecule has 0 amide bonds. The van der Waals surface area contributed by atoms with Crippen LogP contribution in [0.5, 0.6) is 0 Å². The quantitative estimate of drug-likeness (QED) is 0.536. The number of fused-ring (bicyclic) bond motifs is 2. The summed E-state index contributed by atoms with van der Waals surface area (Å²) in [6, 6.07) is 6.68. The van der Waals surface area contributed by atoms with Gasteiger partial charge in [0.2, 0.25) is 5.82 Å². The first-order chi connectivity index (χ1) is 15.2. The summed E-state index contributed by atoms with van der Waals surface area (Å²) in [6.07, 6.45) is 11.9. The first-order valence-corrected chi connectivity index (χ1v) is 9.91. The second-order valence-electron chi connectivity index (χ2n) is 6.80. The number of aromatic amines is 1. The van der Waals surface area contributed by atoms with E-state index in [4.69, 9.17) is 0 Å². The van der Waals surface area contributed by atoms with Crippen LogP contribution in [0.4, 0.5) is 10.2 Å². The fourth-order valence-corrected chi connectivity index (χ4v) is 3.16. The molecule has 0 spiro atoms. The molecule has 4 heterocycles. The lowest BCUT2D eigenvalue weighted by atomic mass is 10.1. The maximum absolute atomic E-state index is 13.3. The Bertz CT molecular complexity index is 1300. The molecule has 0 radical (unpaired) electrons. The molecule has 3 aromatic heterocycles. The Morgan fingerprint density at radius 3 is 3.00 bits per heavy atom. The van der Waals surface area contributed by atoms with Gasteiger partial charge in [0, 0.05) is 18.0 Å². The third-order valence-corrected chi connectivity index (χ3v) is 4.59. The summed E-state index contributed by atoms with van der Waals surface area (Å²) in [6.45, 7) is 5.47. The third kappa shape index (κ3) is 4.56. The lowest BCUT2D eigenvalue weighted by Crippen LogP contribution is -2.04. The number of allylic oxidation sites excluding steroid dienone is 3. The molecular weight excluding hydrogens is 393 g/mol. The Balaban J connectivity index is 0.000000166. The molecule has 0 bridgehead atoms. The van der Waals surface area contributed by atoms with Gasteiger partial charge in [-0.3, -0.25) is 4.99 Å². The summed E-state index contributed by atoms with van der Waals surface area (Å²) in [5.41, 5.74) is 4.81. The highest BCUT2D eigenvalue weighted by atomic mass is 19.1. The van der Waals surface area contributed by atoms with Crippen LogP contribution in [0.25, 0.3) is 22.1 Å². The molecule has 1 aromatic carbocycles. The normalized spacial score (nSPS) is 12.7. The molecule has 5 rings (SSSR count). The molecular formula is C23H21FN7+. The van der Waals surface area contributed by atoms with Gasteiger partial charge in [-0.15, -0.1) is 4.98 Å². The largest absolute Gasteiger partial charge is 0.382 e. The predicted octanol–water partition coefficient (Wildman–Crippen LogP) is 3.39. The van der Waals surface area contributed by atoms with Crippen molar-refractivity contribution in [2.24, 2.45) is 4.99 Å². The summed E-state index contributed by atoms with van der Waals surface area (Å²) in [5.74, 6) is 0.481. The van der Waals surface area contributed by atoms with Gasteiger partial charge in [0.15, 0.2) is 0 Å². The Morgan fingerprint density at radius 2 is 2.13 bits per heavy atom. The molecule has 0 aliphatic carbocycles. The zero-order valence-electron chi connectivity index (χ0n) is 17.2. The SMILES string of the molecule is CCNc1ncnc2[nH]c#[n+]c12.Cc1cc2ccc(F)cc2nc1C1=NCC=CC=C1. The van der Waals surface area contributed by atoms with Gasteiger partial charge < -0.3 is 5.32 Å². The predicted molar refractivity (Wildman–Crippen MR) is 119 cm³/mol. The molecule has 0 unspecified atom stereocenters. The molecule has 154 valence electrons. The van der Waals surface area contributed by atoms with Crippen molar-refractivity contribution in [3.05, 3.63) is 78.3 Å². The van der Waals surface area contributed by atoms with Gasteiger partial charge in [-0.1, -0.05) is 18.2 Å². The minimum absolute atomic E-state index is 0.269. The molecule has 0 saturated heterocycles. The molecule has 31 heavy (non-hydrogen) atoms. The fraction of sp³-hybridized carbons (Fsp3) is 0.174. The topological polar surface area (TPSA) is 93.0 Å². The number of aryl methyl sites for hydroxylation is 1. The molecule has 1 aliphatic heterocycles. The van der Waals surface area contributed by atoms with Gasteiger partial charge in [0.25, 0.3) is 5.65 Å². The summed E-state index contributed by atoms with van der Waals surface area (Å²) in [5, 5.41) is 4.03. The van der Waals surface area contributed by atoms with E-state index in [0.717, 1.165) is 40.2 Å². The van der Waals surface area contributed by atoms with E-state index < -0.39 is 0 Å². The van der Waals surface area contributed by atoms with E-state index in [2.05, 4.69) is 41.6 Å². The van der Waals surface area contributed by atoms with E-state index in [1.807, 2.05) is 44.2 Å². The number of aromatic nitrogens is 5. The highest BCUT2D eigenvalue weighted by Crippen LogP contribution is 2.19. The molecule has 0 saturated carbocycles. The summed E-state index contributed by atoms with van der Waals surface area (Å²) in [4.78, 5) is 23.8. The zero-order valence-corrected chi connectivity index (χ0v) is 17.2. The van der Waals surface area contributed by atoms with Crippen LogP contribution >= 0.6 is 0 Å². The molecule has 0 atom stereocenters. The Morgan fingerprint density at radius 1 is 1.23 bits per heavy atom. The van der Waals surface area contributed by atoms with Crippen LogP contribution in [-0.4, -0.2) is 38.7 Å². The number of pyridine rings is 1. The second-order valence-corrected chi connectivity index (χ2v) is 6.80. The van der Waals surface area contributed by atoms with Gasteiger partial charge in [0.1, 0.15) is 12.1 Å². The van der Waals surface area contributed by atoms with Crippen molar-refractivity contribution in [2.45, 2.75) is 13.8 Å². The second kappa shape index (κ2) is 9.13. The van der Waals surface area contributed by atoms with Crippen molar-refractivity contribution in [3.8, 4) is 0 Å². The van der Waals surface area contributed by atoms with E-state index in [1.165, 1.54) is 18.5 Å².